The number of nitriles is 1. The van der Waals surface area contributed by atoms with Gasteiger partial charge in [0.25, 0.3) is 0 Å². The number of nitrogens with one attached hydrogen (secondary N) is 2. The zero-order valence-corrected chi connectivity index (χ0v) is 14.7. The van der Waals surface area contributed by atoms with E-state index < -0.39 is 0 Å². The van der Waals surface area contributed by atoms with Crippen LogP contribution in [0.3, 0.4) is 0 Å². The third kappa shape index (κ3) is 5.92. The molecule has 2 rings (SSSR count). The molecule has 0 heterocycles. The predicted molar refractivity (Wildman–Crippen MR) is 98.9 cm³/mol. The van der Waals surface area contributed by atoms with Gasteiger partial charge in [-0.3, -0.25) is 14.5 Å². The number of anilines is 2. The lowest BCUT2D eigenvalue weighted by Gasteiger charge is -2.16. The molecule has 7 heteroatoms. The number of carbonyl (C=O) groups excluding carboxylic acids is 2. The van der Waals surface area contributed by atoms with Gasteiger partial charge in [-0.25, -0.2) is 0 Å². The van der Waals surface area contributed by atoms with Crippen molar-refractivity contribution in [2.24, 2.45) is 0 Å². The molecule has 0 aromatic heterocycles. The van der Waals surface area contributed by atoms with Gasteiger partial charge in [-0.1, -0.05) is 12.1 Å². The summed E-state index contributed by atoms with van der Waals surface area (Å²) in [6, 6.07) is 15.7. The van der Waals surface area contributed by atoms with Crippen molar-refractivity contribution in [1.29, 1.82) is 5.26 Å². The van der Waals surface area contributed by atoms with Crippen LogP contribution in [0.2, 0.25) is 0 Å². The Balaban J connectivity index is 1.83. The van der Waals surface area contributed by atoms with E-state index in [2.05, 4.69) is 10.6 Å². The molecule has 0 fully saturated rings. The highest BCUT2D eigenvalue weighted by atomic mass is 16.5. The van der Waals surface area contributed by atoms with Crippen LogP contribution in [0.4, 0.5) is 11.4 Å². The minimum atomic E-state index is -0.267. The van der Waals surface area contributed by atoms with Gasteiger partial charge >= 0.3 is 0 Å². The van der Waals surface area contributed by atoms with Crippen LogP contribution in [0, 0.1) is 11.3 Å². The molecule has 0 radical (unpaired) electrons. The molecule has 0 atom stereocenters. The summed E-state index contributed by atoms with van der Waals surface area (Å²) in [4.78, 5) is 25.7. The molecule has 0 aliphatic heterocycles. The Morgan fingerprint density at radius 1 is 1.04 bits per heavy atom. The molecule has 0 unspecified atom stereocenters. The third-order valence-corrected chi connectivity index (χ3v) is 3.46. The maximum atomic E-state index is 12.1. The lowest BCUT2D eigenvalue weighted by molar-refractivity contribution is -0.119. The number of ether oxygens (including phenoxy) is 1. The average molecular weight is 352 g/mol. The van der Waals surface area contributed by atoms with Gasteiger partial charge in [-0.05, 0) is 37.4 Å². The van der Waals surface area contributed by atoms with Crippen LogP contribution in [0.1, 0.15) is 5.56 Å². The largest absolute Gasteiger partial charge is 0.497 e. The molecule has 0 aliphatic carbocycles. The Bertz CT molecular complexity index is 830. The van der Waals surface area contributed by atoms with E-state index in [-0.39, 0.29) is 24.9 Å². The predicted octanol–water partition coefficient (Wildman–Crippen LogP) is 2.08. The average Bonchev–Trinajstić information content (AvgIpc) is 2.61. The summed E-state index contributed by atoms with van der Waals surface area (Å²) in [5, 5.41) is 14.3. The van der Waals surface area contributed by atoms with Crippen molar-refractivity contribution in [2.75, 3.05) is 37.9 Å². The number of hydrogen-bond donors (Lipinski definition) is 2. The zero-order valence-electron chi connectivity index (χ0n) is 14.7. The first-order valence-corrected chi connectivity index (χ1v) is 7.92. The SMILES string of the molecule is COc1cccc(NC(=O)CN(C)CC(=O)Nc2cccc(C#N)c2)c1. The summed E-state index contributed by atoms with van der Waals surface area (Å²) in [5.74, 6) is 0.145. The maximum absolute atomic E-state index is 12.1. The number of methoxy groups -OCH3 is 1. The second-order valence-electron chi connectivity index (χ2n) is 5.69. The first kappa shape index (κ1) is 19.0. The van der Waals surface area contributed by atoms with E-state index in [0.717, 1.165) is 0 Å². The number of nitrogens with zero attached hydrogens (tertiary/aromatic N) is 2. The molecule has 2 aromatic carbocycles. The first-order chi connectivity index (χ1) is 12.5. The highest BCUT2D eigenvalue weighted by Gasteiger charge is 2.11. The van der Waals surface area contributed by atoms with Gasteiger partial charge in [0, 0.05) is 17.4 Å². The Hall–Kier alpha value is -3.37. The van der Waals surface area contributed by atoms with E-state index >= 15 is 0 Å². The summed E-state index contributed by atoms with van der Waals surface area (Å²) < 4.78 is 5.11. The van der Waals surface area contributed by atoms with Crippen molar-refractivity contribution in [3.8, 4) is 11.8 Å². The Labute approximate surface area is 152 Å². The number of likely N-dealkylation sites (N-methyl/N-ethyl adjacent to an activating group) is 1. The molecule has 0 bridgehead atoms. The monoisotopic (exact) mass is 352 g/mol. The molecule has 0 saturated carbocycles. The summed E-state index contributed by atoms with van der Waals surface area (Å²) in [5.41, 5.74) is 1.64. The summed E-state index contributed by atoms with van der Waals surface area (Å²) >= 11 is 0. The van der Waals surface area contributed by atoms with Crippen LogP contribution in [-0.4, -0.2) is 44.0 Å². The van der Waals surface area contributed by atoms with Crippen molar-refractivity contribution >= 4 is 23.2 Å². The van der Waals surface area contributed by atoms with Gasteiger partial charge in [0.15, 0.2) is 0 Å². The molecular weight excluding hydrogens is 332 g/mol. The summed E-state index contributed by atoms with van der Waals surface area (Å²) in [7, 11) is 3.23. The van der Waals surface area contributed by atoms with Gasteiger partial charge in [-0.2, -0.15) is 5.26 Å². The first-order valence-electron chi connectivity index (χ1n) is 7.92. The van der Waals surface area contributed by atoms with E-state index in [9.17, 15) is 9.59 Å². The molecule has 2 N–H and O–H groups in total. The molecule has 2 amide bonds. The van der Waals surface area contributed by atoms with E-state index in [1.807, 2.05) is 6.07 Å². The standard InChI is InChI=1S/C19H20N4O3/c1-23(12-18(24)21-15-6-3-5-14(9-15)11-20)13-19(25)22-16-7-4-8-17(10-16)26-2/h3-10H,12-13H2,1-2H3,(H,21,24)(H,22,25). The Kier molecular flexibility index (Phi) is 6.71. The molecule has 7 nitrogen and oxygen atoms in total. The fourth-order valence-electron chi connectivity index (χ4n) is 2.31. The van der Waals surface area contributed by atoms with Crippen molar-refractivity contribution in [1.82, 2.24) is 4.90 Å². The lowest BCUT2D eigenvalue weighted by Crippen LogP contribution is -2.36. The topological polar surface area (TPSA) is 94.5 Å². The second kappa shape index (κ2) is 9.20. The van der Waals surface area contributed by atoms with E-state index in [4.69, 9.17) is 10.00 Å². The van der Waals surface area contributed by atoms with Gasteiger partial charge < -0.3 is 15.4 Å². The highest BCUT2D eigenvalue weighted by Crippen LogP contribution is 2.16. The highest BCUT2D eigenvalue weighted by molar-refractivity contribution is 5.94. The van der Waals surface area contributed by atoms with Crippen LogP contribution in [0.15, 0.2) is 48.5 Å². The van der Waals surface area contributed by atoms with E-state index in [1.165, 1.54) is 0 Å². The summed E-state index contributed by atoms with van der Waals surface area (Å²) in [6.45, 7) is 0.102. The third-order valence-electron chi connectivity index (χ3n) is 3.46. The molecular formula is C19H20N4O3. The number of amides is 2. The smallest absolute Gasteiger partial charge is 0.238 e. The van der Waals surface area contributed by atoms with Crippen LogP contribution in [0.25, 0.3) is 0 Å². The van der Waals surface area contributed by atoms with Crippen LogP contribution in [0.5, 0.6) is 5.75 Å². The maximum Gasteiger partial charge on any atom is 0.238 e. The van der Waals surface area contributed by atoms with Gasteiger partial charge in [0.2, 0.25) is 11.8 Å². The Morgan fingerprint density at radius 2 is 1.62 bits per heavy atom. The molecule has 0 spiro atoms. The van der Waals surface area contributed by atoms with Crippen molar-refractivity contribution in [3.05, 3.63) is 54.1 Å². The van der Waals surface area contributed by atoms with Crippen molar-refractivity contribution < 1.29 is 14.3 Å². The number of carbonyl (C=O) groups is 2. The minimum absolute atomic E-state index is 0.0440. The zero-order chi connectivity index (χ0) is 18.9. The number of rotatable bonds is 7. The van der Waals surface area contributed by atoms with E-state index in [1.54, 1.807) is 67.6 Å². The van der Waals surface area contributed by atoms with Gasteiger partial charge in [-0.15, -0.1) is 0 Å². The second-order valence-corrected chi connectivity index (χ2v) is 5.69. The molecule has 134 valence electrons. The molecule has 0 saturated heterocycles. The molecule has 0 aliphatic rings. The fourth-order valence-corrected chi connectivity index (χ4v) is 2.31. The Morgan fingerprint density at radius 3 is 2.19 bits per heavy atom. The molecule has 2 aromatic rings. The van der Waals surface area contributed by atoms with Crippen LogP contribution in [-0.2, 0) is 9.59 Å². The lowest BCUT2D eigenvalue weighted by atomic mass is 10.2. The normalized spacial score (nSPS) is 10.1. The van der Waals surface area contributed by atoms with E-state index in [0.29, 0.717) is 22.7 Å². The van der Waals surface area contributed by atoms with Crippen molar-refractivity contribution in [2.45, 2.75) is 0 Å². The van der Waals surface area contributed by atoms with Crippen LogP contribution < -0.4 is 15.4 Å². The number of hydrogen-bond acceptors (Lipinski definition) is 5. The minimum Gasteiger partial charge on any atom is -0.497 e. The quantitative estimate of drug-likeness (QED) is 0.795. The number of benzene rings is 2. The summed E-state index contributed by atoms with van der Waals surface area (Å²) in [6.07, 6.45) is 0. The van der Waals surface area contributed by atoms with Gasteiger partial charge in [0.1, 0.15) is 5.75 Å². The van der Waals surface area contributed by atoms with Gasteiger partial charge in [0.05, 0.1) is 31.8 Å². The van der Waals surface area contributed by atoms with Crippen molar-refractivity contribution in [3.63, 3.8) is 0 Å². The fraction of sp³-hybridized carbons (Fsp3) is 0.211. The molecule has 26 heavy (non-hydrogen) atoms. The van der Waals surface area contributed by atoms with Crippen LogP contribution >= 0.6 is 0 Å².